The fourth-order valence-corrected chi connectivity index (χ4v) is 4.36. The van der Waals surface area contributed by atoms with Crippen LogP contribution >= 0.6 is 0 Å². The summed E-state index contributed by atoms with van der Waals surface area (Å²) in [6.45, 7) is -2.70. The first kappa shape index (κ1) is 23.4. The molecule has 11 heteroatoms. The number of carbonyl (C=O) groups excluding carboxylic acids is 3. The van der Waals surface area contributed by atoms with Gasteiger partial charge in [0.15, 0.2) is 11.8 Å². The number of anilines is 2. The van der Waals surface area contributed by atoms with E-state index in [1.807, 2.05) is 0 Å². The van der Waals surface area contributed by atoms with Crippen molar-refractivity contribution in [1.82, 2.24) is 5.32 Å². The first-order chi connectivity index (χ1) is 15.8. The molecule has 0 bridgehead atoms. The molecule has 2 saturated carbocycles. The molecule has 1 unspecified atom stereocenters. The summed E-state index contributed by atoms with van der Waals surface area (Å²) in [5, 5.41) is 5.61. The minimum absolute atomic E-state index is 0.0218. The number of nitrogens with one attached hydrogen (secondary N) is 2. The summed E-state index contributed by atoms with van der Waals surface area (Å²) < 4.78 is 35.8. The average Bonchev–Trinajstić information content (AvgIpc) is 3.55. The number of nitrogens with two attached hydrogens (primary N) is 1. The maximum absolute atomic E-state index is 13.1. The van der Waals surface area contributed by atoms with Gasteiger partial charge in [-0.05, 0) is 49.7 Å². The smallest absolute Gasteiger partial charge is 0.387 e. The van der Waals surface area contributed by atoms with Crippen molar-refractivity contribution >= 4 is 29.1 Å². The fraction of sp³-hybridized carbons (Fsp3) is 0.591. The summed E-state index contributed by atoms with van der Waals surface area (Å²) in [7, 11) is 0. The van der Waals surface area contributed by atoms with Crippen LogP contribution in [0.4, 0.5) is 20.2 Å². The summed E-state index contributed by atoms with van der Waals surface area (Å²) in [5.74, 6) is -1.42. The number of alkyl halides is 2. The number of hydrogen-bond acceptors (Lipinski definition) is 6. The van der Waals surface area contributed by atoms with Crippen molar-refractivity contribution in [3.8, 4) is 5.75 Å². The number of morpholine rings is 1. The summed E-state index contributed by atoms with van der Waals surface area (Å²) in [4.78, 5) is 38.5. The molecule has 1 aliphatic heterocycles. The zero-order chi connectivity index (χ0) is 23.5. The topological polar surface area (TPSA) is 123 Å². The van der Waals surface area contributed by atoms with Crippen LogP contribution in [0.25, 0.3) is 0 Å². The SMILES string of the molecule is NC(=O)[C@H](NC(C1CCC1)C1CC1)C(=O)Nc1ccc(N2CCOCC2=O)cc1OC(F)F. The molecule has 4 N–H and O–H groups in total. The lowest BCUT2D eigenvalue weighted by atomic mass is 9.77. The van der Waals surface area contributed by atoms with E-state index in [9.17, 15) is 23.2 Å². The molecule has 2 atom stereocenters. The Hall–Kier alpha value is -2.79. The number of carbonyl (C=O) groups is 3. The Balaban J connectivity index is 1.51. The lowest BCUT2D eigenvalue weighted by Crippen LogP contribution is -2.56. The van der Waals surface area contributed by atoms with Gasteiger partial charge in [-0.2, -0.15) is 8.78 Å². The number of amides is 3. The Morgan fingerprint density at radius 2 is 1.91 bits per heavy atom. The number of nitrogens with zero attached hydrogens (tertiary/aromatic N) is 1. The van der Waals surface area contributed by atoms with Gasteiger partial charge in [0.25, 0.3) is 11.8 Å². The quantitative estimate of drug-likeness (QED) is 0.451. The third-order valence-electron chi connectivity index (χ3n) is 6.43. The van der Waals surface area contributed by atoms with Crippen molar-refractivity contribution in [2.24, 2.45) is 17.6 Å². The van der Waals surface area contributed by atoms with Crippen molar-refractivity contribution in [2.45, 2.75) is 50.8 Å². The highest BCUT2D eigenvalue weighted by molar-refractivity contribution is 6.10. The fourth-order valence-electron chi connectivity index (χ4n) is 4.36. The van der Waals surface area contributed by atoms with Gasteiger partial charge < -0.3 is 25.4 Å². The van der Waals surface area contributed by atoms with Gasteiger partial charge in [0.1, 0.15) is 6.61 Å². The Kier molecular flexibility index (Phi) is 7.08. The van der Waals surface area contributed by atoms with Crippen LogP contribution in [0.5, 0.6) is 5.75 Å². The highest BCUT2D eigenvalue weighted by Crippen LogP contribution is 2.42. The Morgan fingerprint density at radius 3 is 2.48 bits per heavy atom. The van der Waals surface area contributed by atoms with Crippen LogP contribution in [-0.4, -0.2) is 56.2 Å². The third-order valence-corrected chi connectivity index (χ3v) is 6.43. The minimum atomic E-state index is -3.15. The summed E-state index contributed by atoms with van der Waals surface area (Å²) >= 11 is 0. The largest absolute Gasteiger partial charge is 0.433 e. The second-order valence-corrected chi connectivity index (χ2v) is 8.70. The van der Waals surface area contributed by atoms with Crippen molar-refractivity contribution in [3.63, 3.8) is 0 Å². The zero-order valence-corrected chi connectivity index (χ0v) is 18.1. The van der Waals surface area contributed by atoms with E-state index in [0.717, 1.165) is 32.1 Å². The van der Waals surface area contributed by atoms with Gasteiger partial charge in [0.05, 0.1) is 12.3 Å². The first-order valence-electron chi connectivity index (χ1n) is 11.2. The molecule has 1 saturated heterocycles. The number of primary amides is 1. The predicted molar refractivity (Wildman–Crippen MR) is 115 cm³/mol. The molecule has 180 valence electrons. The van der Waals surface area contributed by atoms with E-state index in [2.05, 4.69) is 15.4 Å². The number of ether oxygens (including phenoxy) is 2. The molecule has 4 rings (SSSR count). The molecule has 1 aromatic carbocycles. The Morgan fingerprint density at radius 1 is 1.18 bits per heavy atom. The molecule has 3 amide bonds. The molecule has 1 heterocycles. The van der Waals surface area contributed by atoms with Crippen LogP contribution in [0.3, 0.4) is 0 Å². The monoisotopic (exact) mass is 466 g/mol. The van der Waals surface area contributed by atoms with E-state index < -0.39 is 24.5 Å². The summed E-state index contributed by atoms with van der Waals surface area (Å²) in [5.41, 5.74) is 5.79. The molecule has 33 heavy (non-hydrogen) atoms. The third kappa shape index (κ3) is 5.59. The van der Waals surface area contributed by atoms with Crippen LogP contribution in [0.1, 0.15) is 32.1 Å². The molecule has 1 aromatic rings. The van der Waals surface area contributed by atoms with E-state index >= 15 is 0 Å². The van der Waals surface area contributed by atoms with Gasteiger partial charge in [-0.15, -0.1) is 0 Å². The minimum Gasteiger partial charge on any atom is -0.433 e. The van der Waals surface area contributed by atoms with E-state index in [1.165, 1.54) is 23.1 Å². The lowest BCUT2D eigenvalue weighted by Gasteiger charge is -2.36. The van der Waals surface area contributed by atoms with E-state index in [4.69, 9.17) is 10.5 Å². The molecular formula is C22H28F2N4O5. The zero-order valence-electron chi connectivity index (χ0n) is 18.1. The van der Waals surface area contributed by atoms with Crippen molar-refractivity contribution in [3.05, 3.63) is 18.2 Å². The molecule has 0 radical (unpaired) electrons. The Bertz CT molecular complexity index is 907. The highest BCUT2D eigenvalue weighted by Gasteiger charge is 2.42. The van der Waals surface area contributed by atoms with Crippen LogP contribution in [0, 0.1) is 11.8 Å². The van der Waals surface area contributed by atoms with Gasteiger partial charge in [0, 0.05) is 24.3 Å². The average molecular weight is 466 g/mol. The van der Waals surface area contributed by atoms with Crippen LogP contribution < -0.4 is 26.0 Å². The number of hydrogen-bond donors (Lipinski definition) is 3. The lowest BCUT2D eigenvalue weighted by molar-refractivity contribution is -0.128. The van der Waals surface area contributed by atoms with Gasteiger partial charge in [-0.3, -0.25) is 19.7 Å². The summed E-state index contributed by atoms with van der Waals surface area (Å²) in [6, 6.07) is 2.82. The van der Waals surface area contributed by atoms with Crippen molar-refractivity contribution < 1.29 is 32.6 Å². The summed E-state index contributed by atoms with van der Waals surface area (Å²) in [6.07, 6.45) is 5.27. The van der Waals surface area contributed by atoms with E-state index in [0.29, 0.717) is 24.1 Å². The normalized spacial score (nSPS) is 20.8. The number of halogens is 2. The first-order valence-corrected chi connectivity index (χ1v) is 11.2. The maximum atomic E-state index is 13.1. The van der Waals surface area contributed by atoms with Gasteiger partial charge in [-0.1, -0.05) is 6.42 Å². The molecular weight excluding hydrogens is 438 g/mol. The van der Waals surface area contributed by atoms with Gasteiger partial charge in [-0.25, -0.2) is 0 Å². The predicted octanol–water partition coefficient (Wildman–Crippen LogP) is 1.61. The van der Waals surface area contributed by atoms with Crippen molar-refractivity contribution in [2.75, 3.05) is 30.0 Å². The number of benzene rings is 1. The van der Waals surface area contributed by atoms with Crippen LogP contribution in [0.15, 0.2) is 18.2 Å². The van der Waals surface area contributed by atoms with Crippen LogP contribution in [-0.2, 0) is 19.1 Å². The maximum Gasteiger partial charge on any atom is 0.387 e. The molecule has 9 nitrogen and oxygen atoms in total. The van der Waals surface area contributed by atoms with E-state index in [1.54, 1.807) is 0 Å². The van der Waals surface area contributed by atoms with Crippen LogP contribution in [0.2, 0.25) is 0 Å². The molecule has 2 aliphatic carbocycles. The highest BCUT2D eigenvalue weighted by atomic mass is 19.3. The number of rotatable bonds is 10. The second-order valence-electron chi connectivity index (χ2n) is 8.70. The Labute approximate surface area is 189 Å². The molecule has 3 fully saturated rings. The van der Waals surface area contributed by atoms with Crippen molar-refractivity contribution in [1.29, 1.82) is 0 Å². The van der Waals surface area contributed by atoms with Gasteiger partial charge in [0.2, 0.25) is 5.91 Å². The standard InChI is InChI=1S/C22H28F2N4O5/c23-22(24)33-16-10-14(28-8-9-32-11-17(28)29)6-7-15(16)26-21(31)19(20(25)30)27-18(13-4-5-13)12-2-1-3-12/h6-7,10,12-13,18-19,22,27H,1-5,8-9,11H2,(H2,25,30)(H,26,31)/t18?,19-/m0/s1. The molecule has 3 aliphatic rings. The molecule has 0 spiro atoms. The van der Waals surface area contributed by atoms with E-state index in [-0.39, 0.29) is 36.5 Å². The van der Waals surface area contributed by atoms with Gasteiger partial charge >= 0.3 is 6.61 Å². The second kappa shape index (κ2) is 10.0. The molecule has 0 aromatic heterocycles.